The molecule has 0 aliphatic heterocycles. The van der Waals surface area contributed by atoms with Crippen LogP contribution in [0.5, 0.6) is 0 Å². The van der Waals surface area contributed by atoms with Gasteiger partial charge in [-0.15, -0.1) is 6.42 Å². The molecule has 0 bridgehead atoms. The third-order valence-corrected chi connectivity index (χ3v) is 3.59. The van der Waals surface area contributed by atoms with Gasteiger partial charge in [-0.25, -0.2) is 13.2 Å². The van der Waals surface area contributed by atoms with E-state index in [2.05, 4.69) is 10.7 Å². The van der Waals surface area contributed by atoms with Gasteiger partial charge in [0.05, 0.1) is 22.6 Å². The Bertz CT molecular complexity index is 611. The summed E-state index contributed by atoms with van der Waals surface area (Å²) < 4.78 is 27.4. The summed E-state index contributed by atoms with van der Waals surface area (Å²) in [6.45, 7) is 0. The number of benzene rings is 1. The summed E-state index contributed by atoms with van der Waals surface area (Å²) in [4.78, 5) is 11.3. The van der Waals surface area contributed by atoms with Gasteiger partial charge in [0.1, 0.15) is 0 Å². The van der Waals surface area contributed by atoms with Crippen LogP contribution >= 0.6 is 11.6 Å². The van der Waals surface area contributed by atoms with Crippen LogP contribution in [-0.2, 0) is 14.6 Å². The minimum Gasteiger partial charge on any atom is -0.465 e. The Morgan fingerprint density at radius 2 is 2.06 bits per heavy atom. The number of hydrogen-bond donors (Lipinski definition) is 0. The number of esters is 1. The van der Waals surface area contributed by atoms with Gasteiger partial charge < -0.3 is 4.74 Å². The fourth-order valence-corrected chi connectivity index (χ4v) is 2.56. The van der Waals surface area contributed by atoms with E-state index in [4.69, 9.17) is 18.0 Å². The van der Waals surface area contributed by atoms with Crippen LogP contribution in [0.2, 0.25) is 5.02 Å². The number of carbonyl (C=O) groups excluding carboxylic acids is 1. The number of rotatable bonds is 2. The molecular formula is C11H9ClO4S. The molecular weight excluding hydrogens is 264 g/mol. The summed E-state index contributed by atoms with van der Waals surface area (Å²) in [5.74, 6) is 1.54. The summed E-state index contributed by atoms with van der Waals surface area (Å²) in [7, 11) is -2.35. The minimum atomic E-state index is -3.53. The first-order valence-electron chi connectivity index (χ1n) is 4.39. The van der Waals surface area contributed by atoms with Crippen LogP contribution in [-0.4, -0.2) is 27.8 Å². The second kappa shape index (κ2) is 4.78. The molecule has 0 radical (unpaired) electrons. The summed E-state index contributed by atoms with van der Waals surface area (Å²) in [6, 6.07) is 2.38. The average molecular weight is 273 g/mol. The van der Waals surface area contributed by atoms with E-state index in [1.165, 1.54) is 13.2 Å². The summed E-state index contributed by atoms with van der Waals surface area (Å²) in [5, 5.41) is -0.0203. The minimum absolute atomic E-state index is 0.000162. The molecule has 0 saturated carbocycles. The number of hydrogen-bond acceptors (Lipinski definition) is 4. The molecule has 0 aliphatic carbocycles. The highest BCUT2D eigenvalue weighted by Gasteiger charge is 2.19. The fourth-order valence-electron chi connectivity index (χ4n) is 1.24. The SMILES string of the molecule is C#Cc1cc(Cl)c(S(C)(=O)=O)cc1C(=O)OC. The maximum atomic E-state index is 11.4. The van der Waals surface area contributed by atoms with E-state index in [-0.39, 0.29) is 21.0 Å². The van der Waals surface area contributed by atoms with Gasteiger partial charge in [-0.3, -0.25) is 0 Å². The maximum Gasteiger partial charge on any atom is 0.339 e. The lowest BCUT2D eigenvalue weighted by Crippen LogP contribution is -2.07. The summed E-state index contributed by atoms with van der Waals surface area (Å²) >= 11 is 5.79. The van der Waals surface area contributed by atoms with Gasteiger partial charge in [0.25, 0.3) is 0 Å². The van der Waals surface area contributed by atoms with Gasteiger partial charge in [0.2, 0.25) is 0 Å². The third-order valence-electron chi connectivity index (χ3n) is 2.03. The quantitative estimate of drug-likeness (QED) is 0.605. The Morgan fingerprint density at radius 3 is 2.47 bits per heavy atom. The predicted octanol–water partition coefficient (Wildman–Crippen LogP) is 1.51. The van der Waals surface area contributed by atoms with Gasteiger partial charge in [-0.2, -0.15) is 0 Å². The Labute approximate surface area is 104 Å². The van der Waals surface area contributed by atoms with Crippen LogP contribution in [0.3, 0.4) is 0 Å². The Hall–Kier alpha value is -1.51. The topological polar surface area (TPSA) is 60.4 Å². The summed E-state index contributed by atoms with van der Waals surface area (Å²) in [5.41, 5.74) is 0.189. The number of sulfone groups is 1. The molecule has 0 spiro atoms. The van der Waals surface area contributed by atoms with E-state index in [0.29, 0.717) is 0 Å². The fraction of sp³-hybridized carbons (Fsp3) is 0.182. The average Bonchev–Trinajstić information content (AvgIpc) is 2.25. The standard InChI is InChI=1S/C11H9ClO4S/c1-4-7-5-9(12)10(17(3,14)15)6-8(7)11(13)16-2/h1,5-6H,2-3H3. The lowest BCUT2D eigenvalue weighted by atomic mass is 10.1. The van der Waals surface area contributed by atoms with Crippen LogP contribution in [0.4, 0.5) is 0 Å². The van der Waals surface area contributed by atoms with Crippen molar-refractivity contribution in [3.05, 3.63) is 28.3 Å². The molecule has 0 N–H and O–H groups in total. The molecule has 0 saturated heterocycles. The van der Waals surface area contributed by atoms with Crippen molar-refractivity contribution in [1.82, 2.24) is 0 Å². The Morgan fingerprint density at radius 1 is 1.47 bits per heavy atom. The van der Waals surface area contributed by atoms with Gasteiger partial charge in [0, 0.05) is 11.8 Å². The third kappa shape index (κ3) is 2.78. The number of carbonyl (C=O) groups is 1. The van der Waals surface area contributed by atoms with Crippen LogP contribution in [0, 0.1) is 12.3 Å². The monoisotopic (exact) mass is 272 g/mol. The van der Waals surface area contributed by atoms with Crippen LogP contribution < -0.4 is 0 Å². The zero-order valence-corrected chi connectivity index (χ0v) is 10.7. The smallest absolute Gasteiger partial charge is 0.339 e. The maximum absolute atomic E-state index is 11.4. The molecule has 0 amide bonds. The van der Waals surface area contributed by atoms with Crippen LogP contribution in [0.1, 0.15) is 15.9 Å². The zero-order valence-electron chi connectivity index (χ0n) is 9.15. The highest BCUT2D eigenvalue weighted by Crippen LogP contribution is 2.25. The number of halogens is 1. The van der Waals surface area contributed by atoms with Crippen molar-refractivity contribution in [3.8, 4) is 12.3 Å². The molecule has 0 aliphatic rings. The first kappa shape index (κ1) is 13.6. The molecule has 0 atom stereocenters. The van der Waals surface area contributed by atoms with E-state index in [9.17, 15) is 13.2 Å². The van der Waals surface area contributed by atoms with Crippen molar-refractivity contribution in [2.75, 3.05) is 13.4 Å². The molecule has 1 aromatic carbocycles. The molecule has 1 aromatic rings. The number of terminal acetylenes is 1. The second-order valence-electron chi connectivity index (χ2n) is 3.24. The first-order valence-corrected chi connectivity index (χ1v) is 6.66. The van der Waals surface area contributed by atoms with Crippen molar-refractivity contribution in [1.29, 1.82) is 0 Å². The van der Waals surface area contributed by atoms with E-state index in [1.54, 1.807) is 0 Å². The first-order chi connectivity index (χ1) is 7.81. The number of methoxy groups -OCH3 is 1. The Balaban J connectivity index is 3.62. The van der Waals surface area contributed by atoms with Crippen molar-refractivity contribution in [2.45, 2.75) is 4.90 Å². The molecule has 1 rings (SSSR count). The highest BCUT2D eigenvalue weighted by atomic mass is 35.5. The van der Waals surface area contributed by atoms with Crippen molar-refractivity contribution < 1.29 is 17.9 Å². The lowest BCUT2D eigenvalue weighted by molar-refractivity contribution is 0.0600. The van der Waals surface area contributed by atoms with Crippen molar-refractivity contribution >= 4 is 27.4 Å². The largest absolute Gasteiger partial charge is 0.465 e. The van der Waals surface area contributed by atoms with Gasteiger partial charge >= 0.3 is 5.97 Å². The number of ether oxygens (including phenoxy) is 1. The molecule has 17 heavy (non-hydrogen) atoms. The molecule has 90 valence electrons. The molecule has 4 nitrogen and oxygen atoms in total. The van der Waals surface area contributed by atoms with Gasteiger partial charge in [-0.05, 0) is 12.1 Å². The van der Waals surface area contributed by atoms with Crippen molar-refractivity contribution in [3.63, 3.8) is 0 Å². The van der Waals surface area contributed by atoms with E-state index in [0.717, 1.165) is 12.3 Å². The molecule has 0 heterocycles. The van der Waals surface area contributed by atoms with E-state index in [1.807, 2.05) is 0 Å². The van der Waals surface area contributed by atoms with Crippen LogP contribution in [0.15, 0.2) is 17.0 Å². The van der Waals surface area contributed by atoms with Gasteiger partial charge in [0.15, 0.2) is 9.84 Å². The van der Waals surface area contributed by atoms with E-state index < -0.39 is 15.8 Å². The Kier molecular flexibility index (Phi) is 3.81. The molecule has 6 heteroatoms. The zero-order chi connectivity index (χ0) is 13.2. The lowest BCUT2D eigenvalue weighted by Gasteiger charge is -2.07. The molecule has 0 unspecified atom stereocenters. The van der Waals surface area contributed by atoms with Crippen molar-refractivity contribution in [2.24, 2.45) is 0 Å². The predicted molar refractivity (Wildman–Crippen MR) is 63.8 cm³/mol. The summed E-state index contributed by atoms with van der Waals surface area (Å²) in [6.07, 6.45) is 6.20. The normalized spacial score (nSPS) is 10.7. The van der Waals surface area contributed by atoms with Gasteiger partial charge in [-0.1, -0.05) is 17.5 Å². The van der Waals surface area contributed by atoms with Crippen LogP contribution in [0.25, 0.3) is 0 Å². The molecule has 0 aromatic heterocycles. The van der Waals surface area contributed by atoms with E-state index >= 15 is 0 Å². The second-order valence-corrected chi connectivity index (χ2v) is 5.63. The highest BCUT2D eigenvalue weighted by molar-refractivity contribution is 7.90. The molecule has 0 fully saturated rings.